The molecule has 10 heteroatoms. The zero-order valence-corrected chi connectivity index (χ0v) is 18.2. The van der Waals surface area contributed by atoms with Crippen molar-refractivity contribution in [1.29, 1.82) is 0 Å². The minimum absolute atomic E-state index is 0.136. The van der Waals surface area contributed by atoms with Crippen LogP contribution in [-0.2, 0) is 14.3 Å². The Morgan fingerprint density at radius 2 is 1.84 bits per heavy atom. The van der Waals surface area contributed by atoms with Crippen molar-refractivity contribution in [2.45, 2.75) is 19.8 Å². The maximum Gasteiger partial charge on any atom is 0.309 e. The molecule has 0 radical (unpaired) electrons. The van der Waals surface area contributed by atoms with Crippen LogP contribution in [0.3, 0.4) is 0 Å². The van der Waals surface area contributed by atoms with E-state index in [0.717, 1.165) is 0 Å². The van der Waals surface area contributed by atoms with Gasteiger partial charge in [0.1, 0.15) is 5.82 Å². The van der Waals surface area contributed by atoms with E-state index in [4.69, 9.17) is 27.9 Å². The standard InChI is InChI=1S/C21H20Cl2FN3O4/c1-12-16(22)10-25-19(18(12)23)26-17(28)11-31-21(30)14-6-8-27(9-7-14)20(29)13-2-4-15(24)5-3-13/h2-5,10,14H,6-9,11H2,1H3,(H,25,26,28). The first-order chi connectivity index (χ1) is 14.8. The van der Waals surface area contributed by atoms with Crippen molar-refractivity contribution in [1.82, 2.24) is 9.88 Å². The minimum atomic E-state index is -0.576. The Balaban J connectivity index is 1.45. The van der Waals surface area contributed by atoms with Crippen LogP contribution in [0.15, 0.2) is 30.5 Å². The average Bonchev–Trinajstić information content (AvgIpc) is 2.78. The van der Waals surface area contributed by atoms with E-state index in [1.807, 2.05) is 0 Å². The predicted molar refractivity (Wildman–Crippen MR) is 114 cm³/mol. The average molecular weight is 468 g/mol. The van der Waals surface area contributed by atoms with Gasteiger partial charge in [-0.3, -0.25) is 14.4 Å². The number of esters is 1. The van der Waals surface area contributed by atoms with Crippen molar-refractivity contribution in [2.24, 2.45) is 5.92 Å². The van der Waals surface area contributed by atoms with E-state index in [-0.39, 0.29) is 16.7 Å². The van der Waals surface area contributed by atoms with Crippen molar-refractivity contribution >= 4 is 46.8 Å². The topological polar surface area (TPSA) is 88.6 Å². The minimum Gasteiger partial charge on any atom is -0.455 e. The Labute approximate surface area is 188 Å². The van der Waals surface area contributed by atoms with Gasteiger partial charge < -0.3 is 15.0 Å². The summed E-state index contributed by atoms with van der Waals surface area (Å²) < 4.78 is 18.1. The third kappa shape index (κ3) is 5.71. The molecule has 0 unspecified atom stereocenters. The van der Waals surface area contributed by atoms with E-state index in [9.17, 15) is 18.8 Å². The molecule has 0 bridgehead atoms. The number of ether oxygens (including phenoxy) is 1. The third-order valence-corrected chi connectivity index (χ3v) is 5.86. The first-order valence-corrected chi connectivity index (χ1v) is 10.3. The molecule has 31 heavy (non-hydrogen) atoms. The number of rotatable bonds is 5. The fourth-order valence-electron chi connectivity index (χ4n) is 3.16. The van der Waals surface area contributed by atoms with Crippen LogP contribution < -0.4 is 5.32 Å². The maximum absolute atomic E-state index is 13.0. The van der Waals surface area contributed by atoms with E-state index < -0.39 is 30.2 Å². The number of halogens is 3. The summed E-state index contributed by atoms with van der Waals surface area (Å²) in [6.07, 6.45) is 2.19. The van der Waals surface area contributed by atoms with Crippen LogP contribution in [0.1, 0.15) is 28.8 Å². The summed E-state index contributed by atoms with van der Waals surface area (Å²) in [5.41, 5.74) is 0.969. The van der Waals surface area contributed by atoms with Crippen molar-refractivity contribution < 1.29 is 23.5 Å². The smallest absolute Gasteiger partial charge is 0.309 e. The van der Waals surface area contributed by atoms with Gasteiger partial charge in [-0.05, 0) is 49.6 Å². The number of amides is 2. The molecule has 164 valence electrons. The number of nitrogens with zero attached hydrogens (tertiary/aromatic N) is 2. The molecular weight excluding hydrogens is 448 g/mol. The summed E-state index contributed by atoms with van der Waals surface area (Å²) in [7, 11) is 0. The summed E-state index contributed by atoms with van der Waals surface area (Å²) in [4.78, 5) is 42.4. The number of nitrogens with one attached hydrogen (secondary N) is 1. The van der Waals surface area contributed by atoms with Crippen LogP contribution >= 0.6 is 23.2 Å². The number of likely N-dealkylation sites (tertiary alicyclic amines) is 1. The number of carbonyl (C=O) groups excluding carboxylic acids is 3. The SMILES string of the molecule is Cc1c(Cl)cnc(NC(=O)COC(=O)C2CCN(C(=O)c3ccc(F)cc3)CC2)c1Cl. The van der Waals surface area contributed by atoms with Gasteiger partial charge in [0.25, 0.3) is 11.8 Å². The van der Waals surface area contributed by atoms with Gasteiger partial charge in [0.05, 0.1) is 16.0 Å². The quantitative estimate of drug-likeness (QED) is 0.674. The van der Waals surface area contributed by atoms with Gasteiger partial charge in [0, 0.05) is 24.8 Å². The molecule has 0 saturated carbocycles. The molecule has 2 heterocycles. The van der Waals surface area contributed by atoms with E-state index in [1.54, 1.807) is 11.8 Å². The lowest BCUT2D eigenvalue weighted by Crippen LogP contribution is -2.41. The van der Waals surface area contributed by atoms with Gasteiger partial charge >= 0.3 is 5.97 Å². The molecule has 7 nitrogen and oxygen atoms in total. The van der Waals surface area contributed by atoms with Crippen molar-refractivity contribution in [3.63, 3.8) is 0 Å². The number of piperidine rings is 1. The van der Waals surface area contributed by atoms with E-state index in [0.29, 0.717) is 42.1 Å². The molecule has 3 rings (SSSR count). The van der Waals surface area contributed by atoms with Gasteiger partial charge in [0.2, 0.25) is 0 Å². The fourth-order valence-corrected chi connectivity index (χ4v) is 3.55. The Kier molecular flexibility index (Phi) is 7.46. The fraction of sp³-hybridized carbons (Fsp3) is 0.333. The molecule has 1 fully saturated rings. The number of aromatic nitrogens is 1. The zero-order valence-electron chi connectivity index (χ0n) is 16.7. The second-order valence-corrected chi connectivity index (χ2v) is 7.91. The molecule has 1 saturated heterocycles. The van der Waals surface area contributed by atoms with Crippen LogP contribution in [0.4, 0.5) is 10.2 Å². The van der Waals surface area contributed by atoms with Crippen LogP contribution in [0.5, 0.6) is 0 Å². The van der Waals surface area contributed by atoms with Crippen molar-refractivity contribution in [3.05, 3.63) is 57.5 Å². The molecular formula is C21H20Cl2FN3O4. The summed E-state index contributed by atoms with van der Waals surface area (Å²) in [5, 5.41) is 3.07. The summed E-state index contributed by atoms with van der Waals surface area (Å²) >= 11 is 12.0. The largest absolute Gasteiger partial charge is 0.455 e. The molecule has 0 atom stereocenters. The van der Waals surface area contributed by atoms with Crippen LogP contribution in [0.25, 0.3) is 0 Å². The number of anilines is 1. The lowest BCUT2D eigenvalue weighted by Gasteiger charge is -2.31. The van der Waals surface area contributed by atoms with Gasteiger partial charge in [-0.15, -0.1) is 0 Å². The summed E-state index contributed by atoms with van der Waals surface area (Å²) in [6, 6.07) is 5.33. The van der Waals surface area contributed by atoms with E-state index in [2.05, 4.69) is 10.3 Å². The highest BCUT2D eigenvalue weighted by Crippen LogP contribution is 2.28. The van der Waals surface area contributed by atoms with Crippen LogP contribution in [-0.4, -0.2) is 47.4 Å². The van der Waals surface area contributed by atoms with Gasteiger partial charge in [-0.1, -0.05) is 23.2 Å². The molecule has 1 aromatic heterocycles. The lowest BCUT2D eigenvalue weighted by atomic mass is 9.96. The second-order valence-electron chi connectivity index (χ2n) is 7.12. The third-order valence-electron chi connectivity index (χ3n) is 5.01. The molecule has 0 spiro atoms. The van der Waals surface area contributed by atoms with Crippen molar-refractivity contribution in [2.75, 3.05) is 25.0 Å². The summed E-state index contributed by atoms with van der Waals surface area (Å²) in [5.74, 6) is -1.98. The number of hydrogen-bond acceptors (Lipinski definition) is 5. The number of carbonyl (C=O) groups is 3. The number of benzene rings is 1. The predicted octanol–water partition coefficient (Wildman–Crippen LogP) is 3.87. The monoisotopic (exact) mass is 467 g/mol. The maximum atomic E-state index is 13.0. The van der Waals surface area contributed by atoms with Gasteiger partial charge in [-0.2, -0.15) is 0 Å². The normalized spacial score (nSPS) is 14.3. The number of pyridine rings is 1. The first kappa shape index (κ1) is 23.0. The number of hydrogen-bond donors (Lipinski definition) is 1. The van der Waals surface area contributed by atoms with Gasteiger partial charge in [0.15, 0.2) is 12.4 Å². The molecule has 0 aliphatic carbocycles. The lowest BCUT2D eigenvalue weighted by molar-refractivity contribution is -0.152. The molecule has 2 aromatic rings. The Bertz CT molecular complexity index is 993. The Morgan fingerprint density at radius 1 is 1.19 bits per heavy atom. The van der Waals surface area contributed by atoms with E-state index >= 15 is 0 Å². The highest BCUT2D eigenvalue weighted by molar-refractivity contribution is 6.37. The Hall–Kier alpha value is -2.71. The Morgan fingerprint density at radius 3 is 2.48 bits per heavy atom. The van der Waals surface area contributed by atoms with Crippen LogP contribution in [0, 0.1) is 18.7 Å². The highest BCUT2D eigenvalue weighted by atomic mass is 35.5. The first-order valence-electron chi connectivity index (χ1n) is 9.58. The molecule has 1 N–H and O–H groups in total. The van der Waals surface area contributed by atoms with Crippen molar-refractivity contribution in [3.8, 4) is 0 Å². The van der Waals surface area contributed by atoms with Gasteiger partial charge in [-0.25, -0.2) is 9.37 Å². The highest BCUT2D eigenvalue weighted by Gasteiger charge is 2.29. The molecule has 2 amide bonds. The zero-order chi connectivity index (χ0) is 22.5. The molecule has 1 aliphatic rings. The summed E-state index contributed by atoms with van der Waals surface area (Å²) in [6.45, 7) is 1.94. The molecule has 1 aliphatic heterocycles. The van der Waals surface area contributed by atoms with E-state index in [1.165, 1.54) is 30.5 Å². The second kappa shape index (κ2) is 10.1. The molecule has 1 aromatic carbocycles. The van der Waals surface area contributed by atoms with Crippen LogP contribution in [0.2, 0.25) is 10.0 Å².